The smallest absolute Gasteiger partial charge is 0.346 e. The molecular formula is C22H21ClF3N3O. The van der Waals surface area contributed by atoms with Crippen molar-refractivity contribution in [2.45, 2.75) is 25.6 Å². The molecule has 1 aromatic heterocycles. The minimum atomic E-state index is -4.51. The molecule has 1 saturated heterocycles. The van der Waals surface area contributed by atoms with E-state index in [9.17, 15) is 18.0 Å². The number of fused-ring (bicyclic) bond motifs is 1. The number of alkyl halides is 3. The first-order chi connectivity index (χ1) is 14.3. The number of carbonyl (C=O) groups is 1. The number of hydrogen-bond acceptors (Lipinski definition) is 2. The van der Waals surface area contributed by atoms with E-state index in [0.29, 0.717) is 5.69 Å². The summed E-state index contributed by atoms with van der Waals surface area (Å²) < 4.78 is 40.5. The Morgan fingerprint density at radius 2 is 1.80 bits per heavy atom. The van der Waals surface area contributed by atoms with E-state index in [4.69, 9.17) is 11.6 Å². The van der Waals surface area contributed by atoms with Gasteiger partial charge in [-0.2, -0.15) is 13.2 Å². The Morgan fingerprint density at radius 1 is 1.03 bits per heavy atom. The summed E-state index contributed by atoms with van der Waals surface area (Å²) in [6.45, 7) is 4.22. The molecule has 2 aromatic carbocycles. The van der Waals surface area contributed by atoms with Gasteiger partial charge in [-0.1, -0.05) is 11.6 Å². The minimum absolute atomic E-state index is 0.00653. The molecule has 1 aliphatic rings. The molecule has 2 heterocycles. The molecule has 1 aliphatic heterocycles. The fraction of sp³-hybridized carbons (Fsp3) is 0.318. The number of rotatable bonds is 5. The van der Waals surface area contributed by atoms with Crippen LogP contribution in [0.4, 0.5) is 18.9 Å². The molecule has 1 N–H and O–H groups in total. The van der Waals surface area contributed by atoms with E-state index in [0.717, 1.165) is 55.3 Å². The molecule has 0 bridgehead atoms. The molecule has 0 radical (unpaired) electrons. The monoisotopic (exact) mass is 435 g/mol. The average molecular weight is 436 g/mol. The van der Waals surface area contributed by atoms with Gasteiger partial charge < -0.3 is 14.8 Å². The molecule has 3 aromatic rings. The van der Waals surface area contributed by atoms with Crippen LogP contribution < -0.4 is 5.32 Å². The van der Waals surface area contributed by atoms with Crippen molar-refractivity contribution in [2.75, 3.05) is 25.0 Å². The number of likely N-dealkylation sites (tertiary alicyclic amines) is 1. The van der Waals surface area contributed by atoms with Crippen LogP contribution in [0.5, 0.6) is 0 Å². The first-order valence-electron chi connectivity index (χ1n) is 9.80. The number of amides is 1. The summed E-state index contributed by atoms with van der Waals surface area (Å²) in [6.07, 6.45) is 0.0432. The van der Waals surface area contributed by atoms with E-state index in [1.807, 2.05) is 24.4 Å². The van der Waals surface area contributed by atoms with E-state index in [-0.39, 0.29) is 10.6 Å². The molecule has 0 saturated carbocycles. The molecule has 0 spiro atoms. The van der Waals surface area contributed by atoms with Crippen molar-refractivity contribution in [3.8, 4) is 0 Å². The van der Waals surface area contributed by atoms with Crippen LogP contribution in [0.15, 0.2) is 48.7 Å². The molecule has 30 heavy (non-hydrogen) atoms. The zero-order valence-electron chi connectivity index (χ0n) is 16.2. The van der Waals surface area contributed by atoms with Gasteiger partial charge in [0.1, 0.15) is 0 Å². The summed E-state index contributed by atoms with van der Waals surface area (Å²) in [5.41, 5.74) is 0.731. The lowest BCUT2D eigenvalue weighted by molar-refractivity contribution is -0.137. The van der Waals surface area contributed by atoms with Crippen molar-refractivity contribution in [1.82, 2.24) is 9.47 Å². The summed E-state index contributed by atoms with van der Waals surface area (Å²) in [5, 5.41) is 3.45. The molecule has 1 fully saturated rings. The van der Waals surface area contributed by atoms with Gasteiger partial charge in [0.05, 0.1) is 16.1 Å². The fourth-order valence-electron chi connectivity index (χ4n) is 3.80. The maximum Gasteiger partial charge on any atom is 0.416 e. The van der Waals surface area contributed by atoms with Crippen molar-refractivity contribution in [3.05, 3.63) is 64.8 Å². The largest absolute Gasteiger partial charge is 0.416 e. The highest BCUT2D eigenvalue weighted by Gasteiger charge is 2.31. The van der Waals surface area contributed by atoms with Gasteiger partial charge in [0.2, 0.25) is 0 Å². The summed E-state index contributed by atoms with van der Waals surface area (Å²) in [5.74, 6) is -0.554. The van der Waals surface area contributed by atoms with Crippen molar-refractivity contribution < 1.29 is 18.0 Å². The van der Waals surface area contributed by atoms with E-state index < -0.39 is 17.6 Å². The Labute approximate surface area is 177 Å². The zero-order valence-corrected chi connectivity index (χ0v) is 16.9. The lowest BCUT2D eigenvalue weighted by Crippen LogP contribution is -2.23. The van der Waals surface area contributed by atoms with Crippen LogP contribution in [0.2, 0.25) is 5.02 Å². The lowest BCUT2D eigenvalue weighted by atomic mass is 10.1. The third kappa shape index (κ3) is 4.47. The van der Waals surface area contributed by atoms with Crippen molar-refractivity contribution in [2.24, 2.45) is 0 Å². The summed E-state index contributed by atoms with van der Waals surface area (Å²) in [7, 11) is 0. The molecule has 0 aliphatic carbocycles. The van der Waals surface area contributed by atoms with E-state index >= 15 is 0 Å². The van der Waals surface area contributed by atoms with Crippen LogP contribution in [0.1, 0.15) is 28.8 Å². The second kappa shape index (κ2) is 8.32. The van der Waals surface area contributed by atoms with Crippen molar-refractivity contribution >= 4 is 34.1 Å². The predicted octanol–water partition coefficient (Wildman–Crippen LogP) is 5.66. The van der Waals surface area contributed by atoms with E-state index in [1.54, 1.807) is 6.07 Å². The number of hydrogen-bond donors (Lipinski definition) is 1. The second-order valence-electron chi connectivity index (χ2n) is 7.48. The van der Waals surface area contributed by atoms with Gasteiger partial charge in [-0.15, -0.1) is 0 Å². The molecule has 8 heteroatoms. The number of carbonyl (C=O) groups excluding carboxylic acids is 1. The summed E-state index contributed by atoms with van der Waals surface area (Å²) in [4.78, 5) is 15.0. The predicted molar refractivity (Wildman–Crippen MR) is 112 cm³/mol. The van der Waals surface area contributed by atoms with E-state index in [1.165, 1.54) is 12.8 Å². The van der Waals surface area contributed by atoms with Gasteiger partial charge in [0.25, 0.3) is 5.91 Å². The Morgan fingerprint density at radius 3 is 2.50 bits per heavy atom. The molecule has 4 nitrogen and oxygen atoms in total. The van der Waals surface area contributed by atoms with Crippen molar-refractivity contribution in [1.29, 1.82) is 0 Å². The van der Waals surface area contributed by atoms with Gasteiger partial charge in [-0.25, -0.2) is 0 Å². The van der Waals surface area contributed by atoms with Gasteiger partial charge in [0.15, 0.2) is 0 Å². The quantitative estimate of drug-likeness (QED) is 0.561. The van der Waals surface area contributed by atoms with Crippen LogP contribution in [0.25, 0.3) is 10.9 Å². The first-order valence-corrected chi connectivity index (χ1v) is 10.2. The molecule has 1 amide bonds. The Hall–Kier alpha value is -2.51. The molecule has 0 unspecified atom stereocenters. The highest BCUT2D eigenvalue weighted by molar-refractivity contribution is 6.34. The first kappa shape index (κ1) is 20.8. The zero-order chi connectivity index (χ0) is 21.3. The van der Waals surface area contributed by atoms with Gasteiger partial charge in [0, 0.05) is 35.9 Å². The molecule has 4 rings (SSSR count). The summed E-state index contributed by atoms with van der Waals surface area (Å²) in [6, 6.07) is 10.3. The third-order valence-corrected chi connectivity index (χ3v) is 5.74. The topological polar surface area (TPSA) is 37.3 Å². The summed E-state index contributed by atoms with van der Waals surface area (Å²) >= 11 is 5.92. The third-order valence-electron chi connectivity index (χ3n) is 5.43. The maximum atomic E-state index is 12.8. The number of anilines is 1. The Kier molecular flexibility index (Phi) is 5.75. The van der Waals surface area contributed by atoms with Crippen LogP contribution in [0.3, 0.4) is 0 Å². The second-order valence-corrected chi connectivity index (χ2v) is 7.89. The van der Waals surface area contributed by atoms with Gasteiger partial charge >= 0.3 is 6.18 Å². The van der Waals surface area contributed by atoms with Crippen LogP contribution in [-0.2, 0) is 12.7 Å². The van der Waals surface area contributed by atoms with Gasteiger partial charge in [-0.05, 0) is 68.4 Å². The molecular weight excluding hydrogens is 415 g/mol. The van der Waals surface area contributed by atoms with E-state index in [2.05, 4.69) is 14.8 Å². The number of nitrogens with zero attached hydrogens (tertiary/aromatic N) is 2. The van der Waals surface area contributed by atoms with Crippen LogP contribution in [-0.4, -0.2) is 35.0 Å². The Balaban J connectivity index is 1.46. The van der Waals surface area contributed by atoms with Crippen LogP contribution in [0, 0.1) is 0 Å². The minimum Gasteiger partial charge on any atom is -0.346 e. The van der Waals surface area contributed by atoms with Crippen LogP contribution >= 0.6 is 11.6 Å². The van der Waals surface area contributed by atoms with Crippen molar-refractivity contribution in [3.63, 3.8) is 0 Å². The SMILES string of the molecule is O=C(Nc1ccc2c(ccn2CCN2CCCC2)c1)c1ccc(C(F)(F)F)cc1Cl. The fourth-order valence-corrected chi connectivity index (χ4v) is 4.07. The maximum absolute atomic E-state index is 12.8. The lowest BCUT2D eigenvalue weighted by Gasteiger charge is -2.15. The molecule has 0 atom stereocenters. The number of halogens is 4. The van der Waals surface area contributed by atoms with Gasteiger partial charge in [-0.3, -0.25) is 4.79 Å². The highest BCUT2D eigenvalue weighted by atomic mass is 35.5. The number of nitrogens with one attached hydrogen (secondary N) is 1. The normalized spacial score (nSPS) is 15.1. The highest BCUT2D eigenvalue weighted by Crippen LogP contribution is 2.32. The standard InChI is InChI=1S/C22H21ClF3N3O/c23-19-14-16(22(24,25)26)3-5-18(19)21(30)27-17-4-6-20-15(13-17)7-10-29(20)12-11-28-8-1-2-9-28/h3-7,10,13-14H,1-2,8-9,11-12H2,(H,27,30). The number of aromatic nitrogens is 1. The Bertz CT molecular complexity index is 1070. The molecule has 158 valence electrons. The number of benzene rings is 2. The average Bonchev–Trinajstić information content (AvgIpc) is 3.34.